The lowest BCUT2D eigenvalue weighted by atomic mass is 10.3. The van der Waals surface area contributed by atoms with Crippen LogP contribution in [0.25, 0.3) is 0 Å². The van der Waals surface area contributed by atoms with Crippen LogP contribution in [0, 0.1) is 0 Å². The summed E-state index contributed by atoms with van der Waals surface area (Å²) in [7, 11) is 0. The van der Waals surface area contributed by atoms with Crippen molar-refractivity contribution in [3.05, 3.63) is 30.3 Å². The number of carbonyl (C=O) groups excluding carboxylic acids is 2. The van der Waals surface area contributed by atoms with Gasteiger partial charge in [0.2, 0.25) is 5.91 Å². The zero-order valence-corrected chi connectivity index (χ0v) is 8.30. The van der Waals surface area contributed by atoms with E-state index in [1.165, 1.54) is 6.92 Å². The molecule has 0 spiro atoms. The Bertz CT molecular complexity index is 374. The van der Waals surface area contributed by atoms with E-state index in [1.807, 2.05) is 18.2 Å². The fourth-order valence-corrected chi connectivity index (χ4v) is 0.899. The maximum Gasteiger partial charge on any atom is 0.248 e. The van der Waals surface area contributed by atoms with Crippen molar-refractivity contribution in [3.63, 3.8) is 0 Å². The van der Waals surface area contributed by atoms with Gasteiger partial charge in [-0.05, 0) is 19.1 Å². The van der Waals surface area contributed by atoms with Crippen LogP contribution in [0.2, 0.25) is 0 Å². The van der Waals surface area contributed by atoms with Gasteiger partial charge in [-0.25, -0.2) is 5.43 Å². The first-order valence-electron chi connectivity index (χ1n) is 4.42. The molecule has 0 saturated heterocycles. The van der Waals surface area contributed by atoms with Crippen molar-refractivity contribution in [2.45, 2.75) is 13.3 Å². The highest BCUT2D eigenvalue weighted by atomic mass is 16.2. The average molecular weight is 205 g/mol. The van der Waals surface area contributed by atoms with Gasteiger partial charge < -0.3 is 0 Å². The monoisotopic (exact) mass is 205 g/mol. The van der Waals surface area contributed by atoms with Crippen molar-refractivity contribution in [1.82, 2.24) is 5.43 Å². The van der Waals surface area contributed by atoms with E-state index in [0.29, 0.717) is 5.69 Å². The van der Waals surface area contributed by atoms with Gasteiger partial charge in [0.15, 0.2) is 0 Å². The van der Waals surface area contributed by atoms with Crippen molar-refractivity contribution >= 4 is 17.4 Å². The maximum absolute atomic E-state index is 11.0. The molecular weight excluding hydrogens is 194 g/mol. The number of ketones is 1. The van der Waals surface area contributed by atoms with Gasteiger partial charge in [-0.3, -0.25) is 9.59 Å². The molecule has 5 nitrogen and oxygen atoms in total. The molecular formula is C10H11N3O2. The molecule has 0 aliphatic carbocycles. The third kappa shape index (κ3) is 4.66. The van der Waals surface area contributed by atoms with E-state index in [1.54, 1.807) is 12.1 Å². The fourth-order valence-electron chi connectivity index (χ4n) is 0.899. The van der Waals surface area contributed by atoms with E-state index in [9.17, 15) is 9.59 Å². The van der Waals surface area contributed by atoms with E-state index in [4.69, 9.17) is 0 Å². The van der Waals surface area contributed by atoms with Crippen molar-refractivity contribution in [3.8, 4) is 0 Å². The van der Waals surface area contributed by atoms with E-state index in [2.05, 4.69) is 15.8 Å². The van der Waals surface area contributed by atoms with Crippen molar-refractivity contribution in [2.24, 2.45) is 10.3 Å². The van der Waals surface area contributed by atoms with Gasteiger partial charge in [-0.2, -0.15) is 0 Å². The number of nitrogens with one attached hydrogen (secondary N) is 1. The molecule has 1 aromatic rings. The Hall–Kier alpha value is -2.04. The molecule has 0 bridgehead atoms. The smallest absolute Gasteiger partial charge is 0.248 e. The fraction of sp³-hybridized carbons (Fsp3) is 0.200. The van der Waals surface area contributed by atoms with Gasteiger partial charge >= 0.3 is 0 Å². The second-order valence-corrected chi connectivity index (χ2v) is 2.95. The van der Waals surface area contributed by atoms with Gasteiger partial charge in [0.05, 0.1) is 12.1 Å². The van der Waals surface area contributed by atoms with E-state index >= 15 is 0 Å². The highest BCUT2D eigenvalue weighted by molar-refractivity contribution is 5.96. The summed E-state index contributed by atoms with van der Waals surface area (Å²) in [4.78, 5) is 21.5. The number of amides is 1. The third-order valence-electron chi connectivity index (χ3n) is 1.51. The van der Waals surface area contributed by atoms with Gasteiger partial charge in [0.25, 0.3) is 0 Å². The Kier molecular flexibility index (Phi) is 4.15. The zero-order chi connectivity index (χ0) is 11.1. The predicted molar refractivity (Wildman–Crippen MR) is 54.4 cm³/mol. The quantitative estimate of drug-likeness (QED) is 0.462. The van der Waals surface area contributed by atoms with Crippen LogP contribution < -0.4 is 5.43 Å². The van der Waals surface area contributed by atoms with Gasteiger partial charge in [0.1, 0.15) is 5.78 Å². The number of Topliss-reactive ketones (excluding diaryl/α,β-unsaturated/α-hetero) is 1. The number of benzene rings is 1. The minimum Gasteiger partial charge on any atom is -0.299 e. The van der Waals surface area contributed by atoms with E-state index in [-0.39, 0.29) is 12.2 Å². The second-order valence-electron chi connectivity index (χ2n) is 2.95. The Morgan fingerprint density at radius 3 is 2.53 bits per heavy atom. The molecule has 0 fully saturated rings. The molecule has 1 amide bonds. The summed E-state index contributed by atoms with van der Waals surface area (Å²) in [5.74, 6) is -0.662. The summed E-state index contributed by atoms with van der Waals surface area (Å²) in [6.07, 6.45) is -0.173. The highest BCUT2D eigenvalue weighted by Crippen LogP contribution is 2.08. The molecule has 0 aliphatic rings. The number of hydrogen-bond acceptors (Lipinski definition) is 4. The van der Waals surface area contributed by atoms with Crippen LogP contribution in [0.4, 0.5) is 5.69 Å². The van der Waals surface area contributed by atoms with Gasteiger partial charge in [0, 0.05) is 0 Å². The Labute approximate surface area is 87.2 Å². The normalized spacial score (nSPS) is 10.2. The Balaban J connectivity index is 2.40. The lowest BCUT2D eigenvalue weighted by molar-refractivity contribution is -0.127. The molecule has 0 atom stereocenters. The highest BCUT2D eigenvalue weighted by Gasteiger charge is 2.02. The summed E-state index contributed by atoms with van der Waals surface area (Å²) < 4.78 is 0. The summed E-state index contributed by atoms with van der Waals surface area (Å²) in [6, 6.07) is 8.98. The third-order valence-corrected chi connectivity index (χ3v) is 1.51. The minimum absolute atomic E-state index is 0.173. The molecule has 0 aliphatic heterocycles. The lowest BCUT2D eigenvalue weighted by Gasteiger charge is -1.94. The molecule has 0 saturated carbocycles. The van der Waals surface area contributed by atoms with Crippen LogP contribution in [0.5, 0.6) is 0 Å². The van der Waals surface area contributed by atoms with Gasteiger partial charge in [-0.1, -0.05) is 23.4 Å². The van der Waals surface area contributed by atoms with Gasteiger partial charge in [-0.15, -0.1) is 5.11 Å². The SMILES string of the molecule is CC(=O)CC(=O)NN=Nc1ccccc1. The topological polar surface area (TPSA) is 70.9 Å². The molecule has 0 aromatic heterocycles. The molecule has 0 heterocycles. The molecule has 0 unspecified atom stereocenters. The van der Waals surface area contributed by atoms with Crippen LogP contribution >= 0.6 is 0 Å². The summed E-state index contributed by atoms with van der Waals surface area (Å²) in [5, 5.41) is 7.20. The van der Waals surface area contributed by atoms with Crippen molar-refractivity contribution in [1.29, 1.82) is 0 Å². The first-order valence-corrected chi connectivity index (χ1v) is 4.42. The Morgan fingerprint density at radius 2 is 1.93 bits per heavy atom. The number of hydrogen-bond donors (Lipinski definition) is 1. The van der Waals surface area contributed by atoms with E-state index < -0.39 is 5.91 Å². The molecule has 0 radical (unpaired) electrons. The van der Waals surface area contributed by atoms with Crippen LogP contribution in [0.3, 0.4) is 0 Å². The van der Waals surface area contributed by atoms with Crippen LogP contribution in [0.15, 0.2) is 40.7 Å². The largest absolute Gasteiger partial charge is 0.299 e. The lowest BCUT2D eigenvalue weighted by Crippen LogP contribution is -2.18. The molecule has 5 heteroatoms. The number of nitrogens with zero attached hydrogens (tertiary/aromatic N) is 2. The summed E-state index contributed by atoms with van der Waals surface area (Å²) in [6.45, 7) is 1.34. The Morgan fingerprint density at radius 1 is 1.27 bits per heavy atom. The first kappa shape index (κ1) is 11.0. The van der Waals surface area contributed by atoms with Crippen LogP contribution in [0.1, 0.15) is 13.3 Å². The van der Waals surface area contributed by atoms with E-state index in [0.717, 1.165) is 0 Å². The number of rotatable bonds is 4. The molecule has 15 heavy (non-hydrogen) atoms. The maximum atomic E-state index is 11.0. The van der Waals surface area contributed by atoms with Crippen molar-refractivity contribution < 1.29 is 9.59 Å². The molecule has 1 N–H and O–H groups in total. The standard InChI is InChI=1S/C10H11N3O2/c1-8(14)7-10(15)12-13-11-9-5-3-2-4-6-9/h2-6H,7H2,1H3,(H,11,12,15). The second kappa shape index (κ2) is 5.64. The average Bonchev–Trinajstić information content (AvgIpc) is 2.18. The zero-order valence-electron chi connectivity index (χ0n) is 8.30. The van der Waals surface area contributed by atoms with Crippen LogP contribution in [-0.4, -0.2) is 11.7 Å². The first-order chi connectivity index (χ1) is 7.18. The predicted octanol–water partition coefficient (Wildman–Crippen LogP) is 1.78. The van der Waals surface area contributed by atoms with Crippen molar-refractivity contribution in [2.75, 3.05) is 0 Å². The van der Waals surface area contributed by atoms with Crippen LogP contribution in [-0.2, 0) is 9.59 Å². The summed E-state index contributed by atoms with van der Waals surface area (Å²) >= 11 is 0. The molecule has 1 rings (SSSR count). The molecule has 78 valence electrons. The number of carbonyl (C=O) groups is 2. The minimum atomic E-state index is -0.456. The summed E-state index contributed by atoms with van der Waals surface area (Å²) in [5.41, 5.74) is 2.80. The molecule has 1 aromatic carbocycles.